The summed E-state index contributed by atoms with van der Waals surface area (Å²) in [5.41, 5.74) is 0. The molecule has 23 heavy (non-hydrogen) atoms. The third-order valence-corrected chi connectivity index (χ3v) is 4.03. The molecular formula is C18H34O4S. The maximum Gasteiger partial charge on any atom is 0.319 e. The predicted molar refractivity (Wildman–Crippen MR) is 96.8 cm³/mol. The van der Waals surface area contributed by atoms with Crippen LogP contribution in [0.25, 0.3) is 0 Å². The monoisotopic (exact) mass is 346 g/mol. The normalized spacial score (nSPS) is 12.0. The predicted octanol–water partition coefficient (Wildman–Crippen LogP) is 4.70. The Labute approximate surface area is 147 Å². The van der Waals surface area contributed by atoms with E-state index in [4.69, 9.17) is 9.47 Å². The summed E-state index contributed by atoms with van der Waals surface area (Å²) >= 11 is 4.14. The van der Waals surface area contributed by atoms with Crippen molar-refractivity contribution in [2.75, 3.05) is 13.2 Å². The van der Waals surface area contributed by atoms with E-state index in [0.29, 0.717) is 13.2 Å². The van der Waals surface area contributed by atoms with Crippen LogP contribution in [0.4, 0.5) is 0 Å². The van der Waals surface area contributed by atoms with Crippen LogP contribution in [0, 0.1) is 0 Å². The van der Waals surface area contributed by atoms with Crippen molar-refractivity contribution in [1.82, 2.24) is 0 Å². The Kier molecular flexibility index (Phi) is 15.7. The number of esters is 2. The summed E-state index contributed by atoms with van der Waals surface area (Å²) in [5.74, 6) is -0.802. The van der Waals surface area contributed by atoms with Crippen LogP contribution in [0.2, 0.25) is 0 Å². The van der Waals surface area contributed by atoms with E-state index in [2.05, 4.69) is 26.5 Å². The van der Waals surface area contributed by atoms with E-state index < -0.39 is 11.2 Å². The summed E-state index contributed by atoms with van der Waals surface area (Å²) in [6.07, 6.45) is 11.0. The van der Waals surface area contributed by atoms with Gasteiger partial charge in [0.25, 0.3) is 0 Å². The second kappa shape index (κ2) is 16.2. The van der Waals surface area contributed by atoms with Crippen LogP contribution >= 0.6 is 12.6 Å². The molecule has 0 amide bonds. The minimum atomic E-state index is -0.724. The smallest absolute Gasteiger partial charge is 0.319 e. The number of ether oxygens (including phenoxy) is 2. The summed E-state index contributed by atoms with van der Waals surface area (Å²) in [6, 6.07) is 0. The lowest BCUT2D eigenvalue weighted by atomic mass is 10.2. The zero-order valence-electron chi connectivity index (χ0n) is 14.8. The molecule has 0 bridgehead atoms. The minimum Gasteiger partial charge on any atom is -0.466 e. The van der Waals surface area contributed by atoms with E-state index in [9.17, 15) is 9.59 Å². The molecular weight excluding hydrogens is 312 g/mol. The molecule has 0 heterocycles. The van der Waals surface area contributed by atoms with Gasteiger partial charge in [-0.25, -0.2) is 0 Å². The average molecular weight is 347 g/mol. The summed E-state index contributed by atoms with van der Waals surface area (Å²) in [6.45, 7) is 5.16. The van der Waals surface area contributed by atoms with Crippen LogP contribution in [-0.2, 0) is 19.1 Å². The van der Waals surface area contributed by atoms with Gasteiger partial charge in [0.15, 0.2) is 0 Å². The van der Waals surface area contributed by atoms with E-state index in [1.165, 1.54) is 38.5 Å². The van der Waals surface area contributed by atoms with E-state index in [1.807, 2.05) is 0 Å². The third-order valence-electron chi connectivity index (χ3n) is 3.64. The van der Waals surface area contributed by atoms with Crippen LogP contribution in [0.3, 0.4) is 0 Å². The number of carbonyl (C=O) groups excluding carboxylic acids is 2. The first-order chi connectivity index (χ1) is 11.1. The maximum atomic E-state index is 11.7. The molecule has 0 N–H and O–H groups in total. The molecule has 0 radical (unpaired) electrons. The highest BCUT2D eigenvalue weighted by Crippen LogP contribution is 2.09. The van der Waals surface area contributed by atoms with E-state index in [0.717, 1.165) is 25.7 Å². The molecule has 0 spiro atoms. The lowest BCUT2D eigenvalue weighted by Gasteiger charge is -2.11. The van der Waals surface area contributed by atoms with Crippen LogP contribution in [0.5, 0.6) is 0 Å². The Morgan fingerprint density at radius 1 is 0.783 bits per heavy atom. The number of rotatable bonds is 15. The molecule has 0 rings (SSSR count). The lowest BCUT2D eigenvalue weighted by molar-refractivity contribution is -0.149. The summed E-state index contributed by atoms with van der Waals surface area (Å²) in [5, 5.41) is -0.724. The maximum absolute atomic E-state index is 11.7. The molecule has 1 atom stereocenters. The second-order valence-corrected chi connectivity index (χ2v) is 6.56. The van der Waals surface area contributed by atoms with Crippen LogP contribution in [0.1, 0.15) is 84.5 Å². The number of thiol groups is 1. The quantitative estimate of drug-likeness (QED) is 0.265. The van der Waals surface area contributed by atoms with Gasteiger partial charge in [-0.1, -0.05) is 65.2 Å². The Balaban J connectivity index is 3.59. The van der Waals surface area contributed by atoms with Crippen molar-refractivity contribution < 1.29 is 19.1 Å². The molecule has 0 aliphatic carbocycles. The summed E-state index contributed by atoms with van der Waals surface area (Å²) in [7, 11) is 0. The van der Waals surface area contributed by atoms with Crippen molar-refractivity contribution in [2.24, 2.45) is 0 Å². The van der Waals surface area contributed by atoms with Crippen molar-refractivity contribution >= 4 is 24.6 Å². The van der Waals surface area contributed by atoms with Gasteiger partial charge >= 0.3 is 11.9 Å². The third kappa shape index (κ3) is 14.6. The first-order valence-corrected chi connectivity index (χ1v) is 9.63. The van der Waals surface area contributed by atoms with Crippen molar-refractivity contribution in [3.63, 3.8) is 0 Å². The Morgan fingerprint density at radius 3 is 1.78 bits per heavy atom. The van der Waals surface area contributed by atoms with Gasteiger partial charge < -0.3 is 9.47 Å². The molecule has 0 saturated carbocycles. The topological polar surface area (TPSA) is 52.6 Å². The van der Waals surface area contributed by atoms with Gasteiger partial charge in [0, 0.05) is 0 Å². The Hall–Kier alpha value is -0.710. The highest BCUT2D eigenvalue weighted by molar-refractivity contribution is 7.81. The molecule has 4 nitrogen and oxygen atoms in total. The van der Waals surface area contributed by atoms with E-state index in [1.54, 1.807) is 0 Å². The van der Waals surface area contributed by atoms with E-state index >= 15 is 0 Å². The van der Waals surface area contributed by atoms with E-state index in [-0.39, 0.29) is 12.4 Å². The highest BCUT2D eigenvalue weighted by atomic mass is 32.1. The average Bonchev–Trinajstić information content (AvgIpc) is 2.53. The standard InChI is InChI=1S/C18H34O4S/c1-3-5-7-9-11-13-21-17(19)15-16(23)18(20)22-14-12-10-8-6-4-2/h16,23H,3-15H2,1-2H3. The highest BCUT2D eigenvalue weighted by Gasteiger charge is 2.20. The van der Waals surface area contributed by atoms with Crippen LogP contribution in [-0.4, -0.2) is 30.4 Å². The van der Waals surface area contributed by atoms with Gasteiger partial charge in [0.1, 0.15) is 5.25 Å². The number of unbranched alkanes of at least 4 members (excludes halogenated alkanes) is 8. The zero-order chi connectivity index (χ0) is 17.3. The molecule has 0 aromatic rings. The summed E-state index contributed by atoms with van der Waals surface area (Å²) < 4.78 is 10.2. The van der Waals surface area contributed by atoms with Gasteiger partial charge in [-0.05, 0) is 12.8 Å². The molecule has 5 heteroatoms. The molecule has 0 aromatic heterocycles. The second-order valence-electron chi connectivity index (χ2n) is 5.94. The van der Waals surface area contributed by atoms with Gasteiger partial charge in [-0.2, -0.15) is 12.6 Å². The fourth-order valence-corrected chi connectivity index (χ4v) is 2.39. The van der Waals surface area contributed by atoms with Crippen molar-refractivity contribution in [2.45, 2.75) is 89.7 Å². The van der Waals surface area contributed by atoms with Gasteiger partial charge in [-0.3, -0.25) is 9.59 Å². The van der Waals surface area contributed by atoms with Crippen molar-refractivity contribution in [3.05, 3.63) is 0 Å². The minimum absolute atomic E-state index is 0.0211. The van der Waals surface area contributed by atoms with Crippen LogP contribution in [0.15, 0.2) is 0 Å². The molecule has 0 aliphatic heterocycles. The fourth-order valence-electron chi connectivity index (χ4n) is 2.17. The number of hydrogen-bond acceptors (Lipinski definition) is 5. The number of hydrogen-bond donors (Lipinski definition) is 1. The molecule has 0 saturated heterocycles. The largest absolute Gasteiger partial charge is 0.466 e. The Morgan fingerprint density at radius 2 is 1.26 bits per heavy atom. The van der Waals surface area contributed by atoms with Crippen LogP contribution < -0.4 is 0 Å². The molecule has 1 unspecified atom stereocenters. The molecule has 0 aliphatic rings. The molecule has 136 valence electrons. The SMILES string of the molecule is CCCCCCCOC(=O)CC(S)C(=O)OCCCCCCC. The zero-order valence-corrected chi connectivity index (χ0v) is 15.7. The van der Waals surface area contributed by atoms with Gasteiger partial charge in [0.05, 0.1) is 19.6 Å². The van der Waals surface area contributed by atoms with Crippen molar-refractivity contribution in [3.8, 4) is 0 Å². The molecule has 0 aromatic carbocycles. The molecule has 0 fully saturated rings. The fraction of sp³-hybridized carbons (Fsp3) is 0.889. The Bertz CT molecular complexity index is 307. The lowest BCUT2D eigenvalue weighted by Crippen LogP contribution is -2.23. The van der Waals surface area contributed by atoms with Gasteiger partial charge in [0.2, 0.25) is 0 Å². The first-order valence-electron chi connectivity index (χ1n) is 9.12. The van der Waals surface area contributed by atoms with Gasteiger partial charge in [-0.15, -0.1) is 0 Å². The first kappa shape index (κ1) is 22.3. The van der Waals surface area contributed by atoms with Crippen molar-refractivity contribution in [1.29, 1.82) is 0 Å². The number of carbonyl (C=O) groups is 2. The summed E-state index contributed by atoms with van der Waals surface area (Å²) in [4.78, 5) is 23.3.